The lowest BCUT2D eigenvalue weighted by atomic mass is 10.2. The molecule has 0 fully saturated rings. The van der Waals surface area contributed by atoms with Crippen LogP contribution in [0.1, 0.15) is 31.1 Å². The number of ether oxygens (including phenoxy) is 2. The van der Waals surface area contributed by atoms with Crippen LogP contribution in [0.25, 0.3) is 0 Å². The van der Waals surface area contributed by atoms with Gasteiger partial charge >= 0.3 is 5.97 Å². The van der Waals surface area contributed by atoms with Crippen LogP contribution in [0, 0.1) is 5.92 Å². The summed E-state index contributed by atoms with van der Waals surface area (Å²) in [5.74, 6) is 0.503. The summed E-state index contributed by atoms with van der Waals surface area (Å²) in [6, 6.07) is 4.64. The minimum atomic E-state index is -0.971. The van der Waals surface area contributed by atoms with E-state index >= 15 is 0 Å². The maximum Gasteiger partial charge on any atom is 0.335 e. The maximum atomic E-state index is 10.8. The van der Waals surface area contributed by atoms with Gasteiger partial charge in [-0.3, -0.25) is 0 Å². The monoisotopic (exact) mass is 238 g/mol. The standard InChI is InChI=1S/C13H18O4/c1-4-16-12-7-10(13(14)15)5-6-11(12)17-8-9(2)3/h5-7,9H,4,8H2,1-3H3,(H,14,15). The Morgan fingerprint density at radius 2 is 2.00 bits per heavy atom. The van der Waals surface area contributed by atoms with Crippen LogP contribution in [-0.2, 0) is 0 Å². The molecule has 17 heavy (non-hydrogen) atoms. The number of hydrogen-bond donors (Lipinski definition) is 1. The zero-order chi connectivity index (χ0) is 12.8. The number of benzene rings is 1. The first-order chi connectivity index (χ1) is 8.04. The molecular weight excluding hydrogens is 220 g/mol. The predicted molar refractivity (Wildman–Crippen MR) is 64.9 cm³/mol. The van der Waals surface area contributed by atoms with Crippen LogP contribution in [0.2, 0.25) is 0 Å². The van der Waals surface area contributed by atoms with Gasteiger partial charge in [-0.2, -0.15) is 0 Å². The lowest BCUT2D eigenvalue weighted by Crippen LogP contribution is -2.07. The van der Waals surface area contributed by atoms with Crippen LogP contribution in [0.4, 0.5) is 0 Å². The summed E-state index contributed by atoms with van der Waals surface area (Å²) in [7, 11) is 0. The molecule has 0 unspecified atom stereocenters. The van der Waals surface area contributed by atoms with Crippen LogP contribution in [0.3, 0.4) is 0 Å². The lowest BCUT2D eigenvalue weighted by molar-refractivity contribution is 0.0696. The van der Waals surface area contributed by atoms with Gasteiger partial charge in [0.15, 0.2) is 11.5 Å². The second-order valence-corrected chi connectivity index (χ2v) is 4.10. The smallest absolute Gasteiger partial charge is 0.335 e. The van der Waals surface area contributed by atoms with E-state index in [0.29, 0.717) is 30.6 Å². The number of aromatic carboxylic acids is 1. The van der Waals surface area contributed by atoms with Crippen molar-refractivity contribution >= 4 is 5.97 Å². The van der Waals surface area contributed by atoms with E-state index in [1.54, 1.807) is 6.07 Å². The van der Waals surface area contributed by atoms with Crippen molar-refractivity contribution in [3.05, 3.63) is 23.8 Å². The van der Waals surface area contributed by atoms with Crippen molar-refractivity contribution in [3.63, 3.8) is 0 Å². The molecule has 4 nitrogen and oxygen atoms in total. The fourth-order valence-electron chi connectivity index (χ4n) is 1.29. The molecule has 1 N–H and O–H groups in total. The highest BCUT2D eigenvalue weighted by Gasteiger charge is 2.10. The van der Waals surface area contributed by atoms with Gasteiger partial charge in [-0.15, -0.1) is 0 Å². The summed E-state index contributed by atoms with van der Waals surface area (Å²) in [6.07, 6.45) is 0. The van der Waals surface area contributed by atoms with E-state index in [-0.39, 0.29) is 5.56 Å². The Kier molecular flexibility index (Phi) is 4.82. The first kappa shape index (κ1) is 13.4. The van der Waals surface area contributed by atoms with Crippen molar-refractivity contribution in [2.24, 2.45) is 5.92 Å². The molecule has 0 atom stereocenters. The van der Waals surface area contributed by atoms with Crippen molar-refractivity contribution in [1.82, 2.24) is 0 Å². The summed E-state index contributed by atoms with van der Waals surface area (Å²) in [6.45, 7) is 6.99. The third-order valence-corrected chi connectivity index (χ3v) is 2.06. The molecule has 0 amide bonds. The normalized spacial score (nSPS) is 10.4. The van der Waals surface area contributed by atoms with Crippen molar-refractivity contribution < 1.29 is 19.4 Å². The fourth-order valence-corrected chi connectivity index (χ4v) is 1.29. The molecule has 0 saturated heterocycles. The number of rotatable bonds is 6. The van der Waals surface area contributed by atoms with Gasteiger partial charge in [-0.25, -0.2) is 4.79 Å². The SMILES string of the molecule is CCOc1cc(C(=O)O)ccc1OCC(C)C. The highest BCUT2D eigenvalue weighted by molar-refractivity contribution is 5.88. The molecule has 0 radical (unpaired) electrons. The summed E-state index contributed by atoms with van der Waals surface area (Å²) in [5, 5.41) is 8.89. The van der Waals surface area contributed by atoms with Crippen LogP contribution >= 0.6 is 0 Å². The minimum Gasteiger partial charge on any atom is -0.490 e. The molecule has 0 spiro atoms. The molecule has 1 aromatic rings. The largest absolute Gasteiger partial charge is 0.490 e. The van der Waals surface area contributed by atoms with Gasteiger partial charge in [0.25, 0.3) is 0 Å². The van der Waals surface area contributed by atoms with Gasteiger partial charge < -0.3 is 14.6 Å². The number of hydrogen-bond acceptors (Lipinski definition) is 3. The maximum absolute atomic E-state index is 10.8. The van der Waals surface area contributed by atoms with Crippen molar-refractivity contribution in [1.29, 1.82) is 0 Å². The van der Waals surface area contributed by atoms with E-state index in [0.717, 1.165) is 0 Å². The number of carbonyl (C=O) groups is 1. The van der Waals surface area contributed by atoms with Gasteiger partial charge in [0.1, 0.15) is 0 Å². The minimum absolute atomic E-state index is 0.199. The average Bonchev–Trinajstić information content (AvgIpc) is 2.27. The zero-order valence-electron chi connectivity index (χ0n) is 10.4. The Hall–Kier alpha value is -1.71. The molecule has 0 aliphatic carbocycles. The first-order valence-electron chi connectivity index (χ1n) is 5.67. The van der Waals surface area contributed by atoms with Gasteiger partial charge in [-0.1, -0.05) is 13.8 Å². The highest BCUT2D eigenvalue weighted by Crippen LogP contribution is 2.28. The molecule has 0 heterocycles. The molecule has 0 aliphatic rings. The van der Waals surface area contributed by atoms with Crippen LogP contribution in [0.5, 0.6) is 11.5 Å². The molecule has 1 aromatic carbocycles. The Balaban J connectivity index is 2.91. The predicted octanol–water partition coefficient (Wildman–Crippen LogP) is 2.82. The third-order valence-electron chi connectivity index (χ3n) is 2.06. The molecule has 0 aromatic heterocycles. The average molecular weight is 238 g/mol. The van der Waals surface area contributed by atoms with E-state index in [1.807, 2.05) is 20.8 Å². The Morgan fingerprint density at radius 1 is 1.29 bits per heavy atom. The highest BCUT2D eigenvalue weighted by atomic mass is 16.5. The van der Waals surface area contributed by atoms with Gasteiger partial charge in [0, 0.05) is 0 Å². The van der Waals surface area contributed by atoms with E-state index in [2.05, 4.69) is 0 Å². The van der Waals surface area contributed by atoms with Crippen molar-refractivity contribution in [2.45, 2.75) is 20.8 Å². The topological polar surface area (TPSA) is 55.8 Å². The molecule has 0 aliphatic heterocycles. The number of carboxylic acid groups (broad SMARTS) is 1. The summed E-state index contributed by atoms with van der Waals surface area (Å²) >= 11 is 0. The Labute approximate surface area is 101 Å². The second-order valence-electron chi connectivity index (χ2n) is 4.10. The zero-order valence-corrected chi connectivity index (χ0v) is 10.4. The summed E-state index contributed by atoms with van der Waals surface area (Å²) in [5.41, 5.74) is 0.199. The van der Waals surface area contributed by atoms with Crippen LogP contribution < -0.4 is 9.47 Å². The van der Waals surface area contributed by atoms with E-state index in [1.165, 1.54) is 12.1 Å². The molecule has 94 valence electrons. The fraction of sp³-hybridized carbons (Fsp3) is 0.462. The summed E-state index contributed by atoms with van der Waals surface area (Å²) < 4.78 is 10.9. The van der Waals surface area contributed by atoms with Crippen LogP contribution in [-0.4, -0.2) is 24.3 Å². The summed E-state index contributed by atoms with van der Waals surface area (Å²) in [4.78, 5) is 10.8. The number of carboxylic acids is 1. The van der Waals surface area contributed by atoms with Gasteiger partial charge in [-0.05, 0) is 31.0 Å². The van der Waals surface area contributed by atoms with E-state index < -0.39 is 5.97 Å². The molecule has 1 rings (SSSR count). The van der Waals surface area contributed by atoms with Gasteiger partial charge in [0.05, 0.1) is 18.8 Å². The lowest BCUT2D eigenvalue weighted by Gasteiger charge is -2.13. The van der Waals surface area contributed by atoms with Crippen molar-refractivity contribution in [3.8, 4) is 11.5 Å². The van der Waals surface area contributed by atoms with E-state index in [4.69, 9.17) is 14.6 Å². The second kappa shape index (κ2) is 6.13. The van der Waals surface area contributed by atoms with Crippen molar-refractivity contribution in [2.75, 3.05) is 13.2 Å². The molecule has 0 bridgehead atoms. The van der Waals surface area contributed by atoms with E-state index in [9.17, 15) is 4.79 Å². The van der Waals surface area contributed by atoms with Gasteiger partial charge in [0.2, 0.25) is 0 Å². The molecule has 4 heteroatoms. The third kappa shape index (κ3) is 3.98. The Bertz CT molecular complexity index is 385. The molecular formula is C13H18O4. The quantitative estimate of drug-likeness (QED) is 0.828. The first-order valence-corrected chi connectivity index (χ1v) is 5.67. The van der Waals surface area contributed by atoms with Crippen LogP contribution in [0.15, 0.2) is 18.2 Å². The Morgan fingerprint density at radius 3 is 2.53 bits per heavy atom. The molecule has 0 saturated carbocycles.